The van der Waals surface area contributed by atoms with Gasteiger partial charge in [0.05, 0.1) is 10.6 Å². The summed E-state index contributed by atoms with van der Waals surface area (Å²) in [6, 6.07) is 12.2. The molecule has 1 aromatic heterocycles. The maximum Gasteiger partial charge on any atom is 0.338 e. The second-order valence-electron chi connectivity index (χ2n) is 7.42. The molecule has 0 aliphatic heterocycles. The Bertz CT molecular complexity index is 1530. The number of carbonyl (C=O) groups is 2. The minimum atomic E-state index is -4.09. The standard InChI is InChI=1S/C22H21ClN4O7S/c1-26-19(24)18(20(29)27(2)22(26)31)16(28)12-34-21(30)14-8-9-15(23)17(10-14)35(32,33)25-11-13-6-4-3-5-7-13/h3-10,25H,11-12,24H2,1-2H3. The van der Waals surface area contributed by atoms with Crippen LogP contribution in [0.25, 0.3) is 0 Å². The first-order valence-electron chi connectivity index (χ1n) is 10.0. The molecule has 35 heavy (non-hydrogen) atoms. The van der Waals surface area contributed by atoms with E-state index in [0.717, 1.165) is 10.6 Å². The summed E-state index contributed by atoms with van der Waals surface area (Å²) in [5, 5.41) is -0.125. The van der Waals surface area contributed by atoms with Gasteiger partial charge in [0.1, 0.15) is 16.3 Å². The van der Waals surface area contributed by atoms with Gasteiger partial charge in [-0.05, 0) is 23.8 Å². The van der Waals surface area contributed by atoms with E-state index >= 15 is 0 Å². The second-order valence-corrected chi connectivity index (χ2v) is 9.56. The summed E-state index contributed by atoms with van der Waals surface area (Å²) in [5.41, 5.74) is 4.08. The molecule has 3 rings (SSSR count). The number of nitrogens with zero attached hydrogens (tertiary/aromatic N) is 2. The number of ether oxygens (including phenoxy) is 1. The molecule has 0 saturated heterocycles. The van der Waals surface area contributed by atoms with Gasteiger partial charge in [-0.15, -0.1) is 0 Å². The third-order valence-corrected chi connectivity index (χ3v) is 6.97. The minimum absolute atomic E-state index is 0.00135. The molecule has 0 radical (unpaired) electrons. The summed E-state index contributed by atoms with van der Waals surface area (Å²) in [6.07, 6.45) is 0. The van der Waals surface area contributed by atoms with Crippen molar-refractivity contribution in [1.29, 1.82) is 0 Å². The summed E-state index contributed by atoms with van der Waals surface area (Å²) < 4.78 is 34.5. The van der Waals surface area contributed by atoms with Crippen molar-refractivity contribution in [2.75, 3.05) is 12.3 Å². The van der Waals surface area contributed by atoms with Crippen LogP contribution < -0.4 is 21.7 Å². The number of sulfonamides is 1. The minimum Gasteiger partial charge on any atom is -0.454 e. The highest BCUT2D eigenvalue weighted by Crippen LogP contribution is 2.23. The van der Waals surface area contributed by atoms with Crippen LogP contribution in [0.2, 0.25) is 5.02 Å². The van der Waals surface area contributed by atoms with Crippen LogP contribution in [0.5, 0.6) is 0 Å². The van der Waals surface area contributed by atoms with Gasteiger partial charge in [-0.3, -0.25) is 18.7 Å². The first-order valence-corrected chi connectivity index (χ1v) is 11.9. The lowest BCUT2D eigenvalue weighted by molar-refractivity contribution is 0.0474. The summed E-state index contributed by atoms with van der Waals surface area (Å²) in [6.45, 7) is -0.869. The topological polar surface area (TPSA) is 160 Å². The summed E-state index contributed by atoms with van der Waals surface area (Å²) in [4.78, 5) is 48.9. The molecule has 184 valence electrons. The Balaban J connectivity index is 1.78. The van der Waals surface area contributed by atoms with Gasteiger partial charge in [0, 0.05) is 20.6 Å². The molecular weight excluding hydrogens is 500 g/mol. The molecule has 0 amide bonds. The number of rotatable bonds is 8. The molecule has 11 nitrogen and oxygen atoms in total. The maximum absolute atomic E-state index is 12.7. The molecule has 3 N–H and O–H groups in total. The number of anilines is 1. The molecule has 1 heterocycles. The molecule has 0 bridgehead atoms. The molecular formula is C22H21ClN4O7S. The van der Waals surface area contributed by atoms with E-state index in [1.165, 1.54) is 26.2 Å². The zero-order chi connectivity index (χ0) is 25.9. The predicted octanol–water partition coefficient (Wildman–Crippen LogP) is 0.838. The lowest BCUT2D eigenvalue weighted by Gasteiger charge is -2.12. The largest absolute Gasteiger partial charge is 0.454 e. The zero-order valence-corrected chi connectivity index (χ0v) is 20.2. The second kappa shape index (κ2) is 10.3. The number of nitrogens with two attached hydrogens (primary N) is 1. The monoisotopic (exact) mass is 520 g/mol. The van der Waals surface area contributed by atoms with Crippen LogP contribution in [-0.2, 0) is 35.4 Å². The van der Waals surface area contributed by atoms with Crippen molar-refractivity contribution in [3.8, 4) is 0 Å². The van der Waals surface area contributed by atoms with Crippen molar-refractivity contribution in [3.63, 3.8) is 0 Å². The Kier molecular flexibility index (Phi) is 7.58. The van der Waals surface area contributed by atoms with E-state index in [9.17, 15) is 27.6 Å². The number of hydrogen-bond donors (Lipinski definition) is 2. The fraction of sp³-hybridized carbons (Fsp3) is 0.182. The highest BCUT2D eigenvalue weighted by Gasteiger charge is 2.24. The number of aromatic nitrogens is 2. The van der Waals surface area contributed by atoms with E-state index in [2.05, 4.69) is 4.72 Å². The molecule has 0 fully saturated rings. The molecule has 0 aliphatic rings. The molecule has 0 atom stereocenters. The van der Waals surface area contributed by atoms with Gasteiger partial charge in [-0.2, -0.15) is 0 Å². The van der Waals surface area contributed by atoms with Crippen LogP contribution in [0.1, 0.15) is 26.3 Å². The SMILES string of the molecule is Cn1c(N)c(C(=O)COC(=O)c2ccc(Cl)c(S(=O)(=O)NCc3ccccc3)c2)c(=O)n(C)c1=O. The number of nitrogens with one attached hydrogen (secondary N) is 1. The lowest BCUT2D eigenvalue weighted by atomic mass is 10.2. The molecule has 0 spiro atoms. The van der Waals surface area contributed by atoms with Gasteiger partial charge in [0.25, 0.3) is 5.56 Å². The third-order valence-electron chi connectivity index (χ3n) is 5.09. The fourth-order valence-electron chi connectivity index (χ4n) is 3.10. The summed E-state index contributed by atoms with van der Waals surface area (Å²) in [7, 11) is -1.64. The average Bonchev–Trinajstić information content (AvgIpc) is 2.84. The van der Waals surface area contributed by atoms with Crippen molar-refractivity contribution in [3.05, 3.63) is 91.1 Å². The van der Waals surface area contributed by atoms with E-state index in [4.69, 9.17) is 22.1 Å². The van der Waals surface area contributed by atoms with Crippen molar-refractivity contribution < 1.29 is 22.7 Å². The molecule has 0 aliphatic carbocycles. The maximum atomic E-state index is 12.7. The van der Waals surface area contributed by atoms with Gasteiger partial charge in [0.2, 0.25) is 15.8 Å². The van der Waals surface area contributed by atoms with Gasteiger partial charge >= 0.3 is 11.7 Å². The van der Waals surface area contributed by atoms with E-state index in [0.29, 0.717) is 10.1 Å². The molecule has 3 aromatic rings. The number of Topliss-reactive ketones (excluding diaryl/α,β-unsaturated/α-hetero) is 1. The number of carbonyl (C=O) groups excluding carboxylic acids is 2. The van der Waals surface area contributed by atoms with E-state index in [1.807, 2.05) is 0 Å². The van der Waals surface area contributed by atoms with E-state index in [-0.39, 0.29) is 27.8 Å². The van der Waals surface area contributed by atoms with Gasteiger partial charge in [-0.25, -0.2) is 22.7 Å². The van der Waals surface area contributed by atoms with Crippen molar-refractivity contribution in [1.82, 2.24) is 13.9 Å². The van der Waals surface area contributed by atoms with Gasteiger partial charge in [-0.1, -0.05) is 41.9 Å². The highest BCUT2D eigenvalue weighted by molar-refractivity contribution is 7.89. The number of hydrogen-bond acceptors (Lipinski definition) is 8. The Morgan fingerprint density at radius 2 is 1.71 bits per heavy atom. The number of nitrogen functional groups attached to an aromatic ring is 1. The molecule has 2 aromatic carbocycles. The quantitative estimate of drug-likeness (QED) is 0.326. The van der Waals surface area contributed by atoms with E-state index in [1.54, 1.807) is 30.3 Å². The lowest BCUT2D eigenvalue weighted by Crippen LogP contribution is -2.42. The Labute approximate surface area is 204 Å². The number of ketones is 1. The Morgan fingerprint density at radius 1 is 1.06 bits per heavy atom. The van der Waals surface area contributed by atoms with Gasteiger partial charge in [0.15, 0.2) is 6.61 Å². The van der Waals surface area contributed by atoms with Crippen LogP contribution in [0.3, 0.4) is 0 Å². The number of esters is 1. The molecule has 0 saturated carbocycles. The van der Waals surface area contributed by atoms with Crippen LogP contribution >= 0.6 is 11.6 Å². The first kappa shape index (κ1) is 25.9. The van der Waals surface area contributed by atoms with Crippen molar-refractivity contribution >= 4 is 39.2 Å². The van der Waals surface area contributed by atoms with E-state index < -0.39 is 45.2 Å². The smallest absolute Gasteiger partial charge is 0.338 e. The highest BCUT2D eigenvalue weighted by atomic mass is 35.5. The zero-order valence-electron chi connectivity index (χ0n) is 18.6. The number of benzene rings is 2. The number of halogens is 1. The van der Waals surface area contributed by atoms with Gasteiger partial charge < -0.3 is 10.5 Å². The first-order chi connectivity index (χ1) is 16.4. The summed E-state index contributed by atoms with van der Waals surface area (Å²) in [5.74, 6) is -2.34. The fourth-order valence-corrected chi connectivity index (χ4v) is 4.64. The normalized spacial score (nSPS) is 11.3. The summed E-state index contributed by atoms with van der Waals surface area (Å²) >= 11 is 6.05. The molecule has 0 unspecified atom stereocenters. The Hall–Kier alpha value is -3.74. The van der Waals surface area contributed by atoms with Crippen molar-refractivity contribution in [2.45, 2.75) is 11.4 Å². The Morgan fingerprint density at radius 3 is 2.37 bits per heavy atom. The van der Waals surface area contributed by atoms with Crippen molar-refractivity contribution in [2.24, 2.45) is 14.1 Å². The van der Waals surface area contributed by atoms with Crippen LogP contribution in [0, 0.1) is 0 Å². The molecule has 13 heteroatoms. The predicted molar refractivity (Wildman–Crippen MR) is 128 cm³/mol. The van der Waals surface area contributed by atoms with Crippen LogP contribution in [0.15, 0.2) is 63.0 Å². The third kappa shape index (κ3) is 5.50. The van der Waals surface area contributed by atoms with Crippen LogP contribution in [-0.4, -0.2) is 35.9 Å². The average molecular weight is 521 g/mol. The van der Waals surface area contributed by atoms with Crippen LogP contribution in [0.4, 0.5) is 5.82 Å².